The summed E-state index contributed by atoms with van der Waals surface area (Å²) in [6.45, 7) is 9.69. The van der Waals surface area contributed by atoms with E-state index in [4.69, 9.17) is 9.68 Å². The molecule has 0 radical (unpaired) electrons. The van der Waals surface area contributed by atoms with Gasteiger partial charge >= 0.3 is 0 Å². The van der Waals surface area contributed by atoms with Crippen molar-refractivity contribution in [2.24, 2.45) is 10.9 Å². The zero-order chi connectivity index (χ0) is 17.1. The van der Waals surface area contributed by atoms with E-state index in [9.17, 15) is 0 Å². The minimum atomic E-state index is 0.288. The van der Waals surface area contributed by atoms with Crippen molar-refractivity contribution in [2.45, 2.75) is 26.2 Å². The predicted molar refractivity (Wildman–Crippen MR) is 94.6 cm³/mol. The van der Waals surface area contributed by atoms with E-state index in [1.54, 1.807) is 18.3 Å². The summed E-state index contributed by atoms with van der Waals surface area (Å²) in [5.41, 5.74) is 4.37. The van der Waals surface area contributed by atoms with Gasteiger partial charge in [-0.2, -0.15) is 5.26 Å². The van der Waals surface area contributed by atoms with Crippen molar-refractivity contribution in [1.29, 1.82) is 5.26 Å². The molecule has 1 aromatic carbocycles. The van der Waals surface area contributed by atoms with E-state index < -0.39 is 0 Å². The first-order chi connectivity index (χ1) is 11.6. The standard InChI is InChI=1S/C20H19N3O/c1-4-22-19(13(2)3)15-8-9-18-17(11-15)23-20(24-18)16-7-5-6-14(10-16)12-21/h4-7,10,15H,1-2,8-9,11H2,3H3. The van der Waals surface area contributed by atoms with Crippen LogP contribution in [-0.2, 0) is 12.8 Å². The van der Waals surface area contributed by atoms with Gasteiger partial charge in [-0.15, -0.1) is 0 Å². The number of hydrogen-bond acceptors (Lipinski definition) is 4. The maximum Gasteiger partial charge on any atom is 0.226 e. The van der Waals surface area contributed by atoms with Crippen LogP contribution in [0.2, 0.25) is 0 Å². The number of nitriles is 1. The molecule has 0 fully saturated rings. The van der Waals surface area contributed by atoms with Gasteiger partial charge in [-0.05, 0) is 37.1 Å². The van der Waals surface area contributed by atoms with E-state index in [0.29, 0.717) is 11.5 Å². The fourth-order valence-corrected chi connectivity index (χ4v) is 3.12. The Bertz CT molecular complexity index is 867. The summed E-state index contributed by atoms with van der Waals surface area (Å²) in [5, 5.41) is 9.04. The van der Waals surface area contributed by atoms with Crippen molar-refractivity contribution < 1.29 is 4.42 Å². The van der Waals surface area contributed by atoms with E-state index in [-0.39, 0.29) is 5.92 Å². The number of aliphatic imine (C=N–C) groups is 1. The molecule has 1 atom stereocenters. The monoisotopic (exact) mass is 317 g/mol. The van der Waals surface area contributed by atoms with Gasteiger partial charge in [0.05, 0.1) is 17.3 Å². The van der Waals surface area contributed by atoms with Crippen LogP contribution in [0, 0.1) is 17.2 Å². The van der Waals surface area contributed by atoms with E-state index in [1.165, 1.54) is 0 Å². The third kappa shape index (κ3) is 3.07. The Morgan fingerprint density at radius 3 is 3.04 bits per heavy atom. The number of aryl methyl sites for hydroxylation is 1. The molecule has 0 N–H and O–H groups in total. The SMILES string of the molecule is C=CN=C(C(=C)C)C1CCc2oc(-c3cccc(C#N)c3)nc2C1. The number of aromatic nitrogens is 1. The Balaban J connectivity index is 1.90. The summed E-state index contributed by atoms with van der Waals surface area (Å²) in [7, 11) is 0. The molecule has 1 aliphatic carbocycles. The highest BCUT2D eigenvalue weighted by molar-refractivity contribution is 6.01. The normalized spacial score (nSPS) is 17.0. The van der Waals surface area contributed by atoms with Gasteiger partial charge in [-0.3, -0.25) is 4.99 Å². The average molecular weight is 317 g/mol. The van der Waals surface area contributed by atoms with Crippen LogP contribution < -0.4 is 0 Å². The second kappa shape index (κ2) is 6.67. The van der Waals surface area contributed by atoms with Crippen molar-refractivity contribution in [3.8, 4) is 17.5 Å². The lowest BCUT2D eigenvalue weighted by atomic mass is 9.84. The first-order valence-corrected chi connectivity index (χ1v) is 7.96. The van der Waals surface area contributed by atoms with Crippen LogP contribution in [0.1, 0.15) is 30.4 Å². The van der Waals surface area contributed by atoms with Gasteiger partial charge in [0.2, 0.25) is 5.89 Å². The summed E-state index contributed by atoms with van der Waals surface area (Å²) in [6, 6.07) is 9.47. The Hall–Kier alpha value is -2.93. The largest absolute Gasteiger partial charge is 0.441 e. The van der Waals surface area contributed by atoms with Crippen LogP contribution in [0.3, 0.4) is 0 Å². The van der Waals surface area contributed by atoms with Crippen LogP contribution in [0.5, 0.6) is 0 Å². The minimum Gasteiger partial charge on any atom is -0.441 e. The maximum atomic E-state index is 9.04. The molecule has 1 unspecified atom stereocenters. The van der Waals surface area contributed by atoms with Crippen molar-refractivity contribution in [3.05, 3.63) is 66.2 Å². The van der Waals surface area contributed by atoms with Crippen molar-refractivity contribution in [3.63, 3.8) is 0 Å². The lowest BCUT2D eigenvalue weighted by Gasteiger charge is -2.22. The highest BCUT2D eigenvalue weighted by atomic mass is 16.4. The predicted octanol–water partition coefficient (Wildman–Crippen LogP) is 4.48. The van der Waals surface area contributed by atoms with Crippen molar-refractivity contribution in [1.82, 2.24) is 4.98 Å². The van der Waals surface area contributed by atoms with Gasteiger partial charge < -0.3 is 4.42 Å². The molecule has 1 aliphatic rings. The highest BCUT2D eigenvalue weighted by Crippen LogP contribution is 2.31. The third-order valence-electron chi connectivity index (χ3n) is 4.23. The molecule has 24 heavy (non-hydrogen) atoms. The van der Waals surface area contributed by atoms with Gasteiger partial charge in [-0.1, -0.05) is 19.2 Å². The summed E-state index contributed by atoms with van der Waals surface area (Å²) in [5.74, 6) is 1.80. The molecule has 0 aliphatic heterocycles. The molecule has 1 aromatic heterocycles. The van der Waals surface area contributed by atoms with Gasteiger partial charge in [0.25, 0.3) is 0 Å². The van der Waals surface area contributed by atoms with Gasteiger partial charge in [0, 0.05) is 36.2 Å². The Labute approximate surface area is 141 Å². The van der Waals surface area contributed by atoms with E-state index in [1.807, 2.05) is 19.1 Å². The molecule has 1 heterocycles. The number of hydrogen-bond donors (Lipinski definition) is 0. The number of nitrogens with zero attached hydrogens (tertiary/aromatic N) is 3. The summed E-state index contributed by atoms with van der Waals surface area (Å²) < 4.78 is 5.94. The number of benzene rings is 1. The zero-order valence-corrected chi connectivity index (χ0v) is 13.7. The molecule has 4 nitrogen and oxygen atoms in total. The number of oxazole rings is 1. The van der Waals surface area contributed by atoms with Crippen LogP contribution in [0.15, 0.2) is 58.6 Å². The average Bonchev–Trinajstić information content (AvgIpc) is 3.02. The molecule has 0 amide bonds. The number of rotatable bonds is 4. The second-order valence-corrected chi connectivity index (χ2v) is 6.00. The first kappa shape index (κ1) is 15.9. The quantitative estimate of drug-likeness (QED) is 0.781. The van der Waals surface area contributed by atoms with Crippen LogP contribution in [0.4, 0.5) is 0 Å². The van der Waals surface area contributed by atoms with E-state index in [0.717, 1.165) is 47.6 Å². The van der Waals surface area contributed by atoms with Gasteiger partial charge in [-0.25, -0.2) is 4.98 Å². The molecule has 0 spiro atoms. The van der Waals surface area contributed by atoms with Crippen molar-refractivity contribution >= 4 is 5.71 Å². The molecule has 2 aromatic rings. The van der Waals surface area contributed by atoms with Crippen LogP contribution >= 0.6 is 0 Å². The fraction of sp³-hybridized carbons (Fsp3) is 0.250. The minimum absolute atomic E-state index is 0.288. The molecule has 0 saturated heterocycles. The number of allylic oxidation sites excluding steroid dienone is 1. The van der Waals surface area contributed by atoms with Crippen LogP contribution in [0.25, 0.3) is 11.5 Å². The Kier molecular flexibility index (Phi) is 4.43. The molecule has 120 valence electrons. The molecular weight excluding hydrogens is 298 g/mol. The smallest absolute Gasteiger partial charge is 0.226 e. The fourth-order valence-electron chi connectivity index (χ4n) is 3.12. The molecule has 3 rings (SSSR count). The molecule has 4 heteroatoms. The van der Waals surface area contributed by atoms with Crippen LogP contribution in [-0.4, -0.2) is 10.7 Å². The molecule has 0 saturated carbocycles. The number of fused-ring (bicyclic) bond motifs is 1. The summed E-state index contributed by atoms with van der Waals surface area (Å²) in [4.78, 5) is 9.06. The third-order valence-corrected chi connectivity index (χ3v) is 4.23. The zero-order valence-electron chi connectivity index (χ0n) is 13.7. The molecule has 0 bridgehead atoms. The van der Waals surface area contributed by atoms with Gasteiger partial charge in [0.1, 0.15) is 5.76 Å². The summed E-state index contributed by atoms with van der Waals surface area (Å²) in [6.07, 6.45) is 4.14. The Morgan fingerprint density at radius 2 is 2.33 bits per heavy atom. The van der Waals surface area contributed by atoms with E-state index >= 15 is 0 Å². The lowest BCUT2D eigenvalue weighted by Crippen LogP contribution is -2.23. The lowest BCUT2D eigenvalue weighted by molar-refractivity contribution is 0.463. The first-order valence-electron chi connectivity index (χ1n) is 7.96. The Morgan fingerprint density at radius 1 is 1.50 bits per heavy atom. The van der Waals surface area contributed by atoms with Gasteiger partial charge in [0.15, 0.2) is 0 Å². The van der Waals surface area contributed by atoms with E-state index in [2.05, 4.69) is 29.2 Å². The summed E-state index contributed by atoms with van der Waals surface area (Å²) >= 11 is 0. The topological polar surface area (TPSA) is 62.2 Å². The van der Waals surface area contributed by atoms with Crippen molar-refractivity contribution in [2.75, 3.05) is 0 Å². The second-order valence-electron chi connectivity index (χ2n) is 6.00. The molecular formula is C20H19N3O. The highest BCUT2D eigenvalue weighted by Gasteiger charge is 2.27. The maximum absolute atomic E-state index is 9.04.